The molecule has 1 aliphatic heterocycles. The molecule has 0 spiro atoms. The molecule has 36 heavy (non-hydrogen) atoms. The summed E-state index contributed by atoms with van der Waals surface area (Å²) < 4.78 is 47.1. The highest BCUT2D eigenvalue weighted by atomic mass is 31.2. The van der Waals surface area contributed by atoms with Crippen LogP contribution in [0, 0.1) is 5.92 Å². The number of ether oxygens (including phenoxy) is 3. The number of carbonyl (C=O) groups is 2. The van der Waals surface area contributed by atoms with Crippen LogP contribution >= 0.6 is 7.82 Å². The zero-order valence-electron chi connectivity index (χ0n) is 20.7. The molecular weight excluding hydrogens is 497 g/mol. The van der Waals surface area contributed by atoms with Crippen LogP contribution in [0.15, 0.2) is 6.33 Å². The molecule has 14 nitrogen and oxygen atoms in total. The van der Waals surface area contributed by atoms with Gasteiger partial charge < -0.3 is 19.9 Å². The van der Waals surface area contributed by atoms with E-state index in [1.165, 1.54) is 13.3 Å². The lowest BCUT2D eigenvalue weighted by atomic mass is 10.2. The number of carbonyl (C=O) groups excluding carboxylic acids is 2. The fraction of sp³-hybridized carbons (Fsp3) is 0.667. The molecule has 1 saturated heterocycles. The summed E-state index contributed by atoms with van der Waals surface area (Å²) in [6, 6.07) is 0. The number of esters is 2. The monoisotopic (exact) mass is 529 g/mol. The minimum absolute atomic E-state index is 0.0355. The molecule has 1 aliphatic rings. The van der Waals surface area contributed by atoms with Gasteiger partial charge in [-0.2, -0.15) is 9.97 Å². The molecule has 3 rings (SSSR count). The van der Waals surface area contributed by atoms with Crippen molar-refractivity contribution >= 4 is 36.9 Å². The van der Waals surface area contributed by atoms with E-state index in [-0.39, 0.29) is 62.1 Å². The predicted molar refractivity (Wildman–Crippen MR) is 126 cm³/mol. The van der Waals surface area contributed by atoms with Gasteiger partial charge in [-0.05, 0) is 18.8 Å². The number of nitrogens with two attached hydrogens (primary N) is 1. The van der Waals surface area contributed by atoms with E-state index in [0.717, 1.165) is 0 Å². The topological polar surface area (TPSA) is 176 Å². The fourth-order valence-corrected chi connectivity index (χ4v) is 4.62. The Balaban J connectivity index is 1.62. The first-order chi connectivity index (χ1) is 17.1. The van der Waals surface area contributed by atoms with E-state index < -0.39 is 26.1 Å². The smallest absolute Gasteiger partial charge is 0.463 e. The second kappa shape index (κ2) is 12.5. The van der Waals surface area contributed by atoms with Gasteiger partial charge in [-0.15, -0.1) is 0 Å². The summed E-state index contributed by atoms with van der Waals surface area (Å²) in [6.07, 6.45) is 2.01. The highest BCUT2D eigenvalue weighted by molar-refractivity contribution is 7.48. The van der Waals surface area contributed by atoms with Gasteiger partial charge in [0, 0.05) is 13.3 Å². The Morgan fingerprint density at radius 1 is 1.22 bits per heavy atom. The summed E-state index contributed by atoms with van der Waals surface area (Å²) in [5.74, 6) is -0.971. The maximum Gasteiger partial charge on any atom is 0.475 e. The van der Waals surface area contributed by atoms with Crippen LogP contribution in [0.5, 0.6) is 5.88 Å². The largest absolute Gasteiger partial charge is 0.475 e. The van der Waals surface area contributed by atoms with Crippen molar-refractivity contribution in [3.63, 3.8) is 0 Å². The molecule has 2 aromatic heterocycles. The number of phosphoric acid groups is 1. The Morgan fingerprint density at radius 2 is 2.00 bits per heavy atom. The molecule has 1 unspecified atom stereocenters. The van der Waals surface area contributed by atoms with Gasteiger partial charge in [0.05, 0.1) is 32.3 Å². The third-order valence-electron chi connectivity index (χ3n) is 4.91. The number of hydrogen-bond acceptors (Lipinski definition) is 13. The van der Waals surface area contributed by atoms with Crippen molar-refractivity contribution in [3.8, 4) is 5.88 Å². The predicted octanol–water partition coefficient (Wildman–Crippen LogP) is 2.78. The summed E-state index contributed by atoms with van der Waals surface area (Å²) >= 11 is 0. The normalized spacial score (nSPS) is 19.5. The molecule has 0 saturated carbocycles. The SMILES string of the molecule is CCC(=O)OCCOP(=O)(OCC(C)C)OC[C@@H]1CC[C@H](n2cnc3c(OC(C)=O)nc(N)nc32)O1. The van der Waals surface area contributed by atoms with Crippen LogP contribution < -0.4 is 10.5 Å². The van der Waals surface area contributed by atoms with Crippen LogP contribution in [-0.4, -0.2) is 64.0 Å². The van der Waals surface area contributed by atoms with Crippen LogP contribution in [-0.2, 0) is 37.2 Å². The lowest BCUT2D eigenvalue weighted by Crippen LogP contribution is -2.18. The van der Waals surface area contributed by atoms with Gasteiger partial charge in [-0.1, -0.05) is 20.8 Å². The molecular formula is C21H32N5O9P. The number of fused-ring (bicyclic) bond motifs is 1. The third kappa shape index (κ3) is 7.68. The van der Waals surface area contributed by atoms with Gasteiger partial charge in [-0.25, -0.2) is 9.55 Å². The number of phosphoric ester groups is 1. The molecule has 15 heteroatoms. The zero-order chi connectivity index (χ0) is 26.3. The lowest BCUT2D eigenvalue weighted by molar-refractivity contribution is -0.144. The Hall–Kier alpha value is -2.64. The summed E-state index contributed by atoms with van der Waals surface area (Å²) in [5, 5.41) is 0. The van der Waals surface area contributed by atoms with Gasteiger partial charge in [-0.3, -0.25) is 27.7 Å². The molecule has 0 bridgehead atoms. The van der Waals surface area contributed by atoms with E-state index in [1.807, 2.05) is 13.8 Å². The number of nitrogen functional groups attached to an aromatic ring is 1. The van der Waals surface area contributed by atoms with Crippen molar-refractivity contribution in [1.29, 1.82) is 0 Å². The molecule has 0 amide bonds. The van der Waals surface area contributed by atoms with Crippen LogP contribution in [0.4, 0.5) is 5.95 Å². The van der Waals surface area contributed by atoms with Gasteiger partial charge in [0.15, 0.2) is 11.2 Å². The maximum atomic E-state index is 13.1. The summed E-state index contributed by atoms with van der Waals surface area (Å²) in [7, 11) is -3.92. The fourth-order valence-electron chi connectivity index (χ4n) is 3.27. The Labute approximate surface area is 208 Å². The Bertz CT molecular complexity index is 1110. The molecule has 0 aromatic carbocycles. The quantitative estimate of drug-likeness (QED) is 0.228. The molecule has 2 N–H and O–H groups in total. The standard InChI is InChI=1S/C21H32N5O9P/c1-5-17(28)30-8-9-31-36(29,32-10-13(2)3)33-11-15-6-7-16(35-15)26-12-23-18-19(26)24-21(22)25-20(18)34-14(4)27/h12-13,15-16H,5-11H2,1-4H3,(H2,22,24,25)/t15-,16+,36?/m0/s1. The van der Waals surface area contributed by atoms with Crippen molar-refractivity contribution in [2.45, 2.75) is 59.3 Å². The van der Waals surface area contributed by atoms with Gasteiger partial charge in [0.1, 0.15) is 12.8 Å². The molecule has 3 heterocycles. The Morgan fingerprint density at radius 3 is 2.69 bits per heavy atom. The van der Waals surface area contributed by atoms with E-state index in [2.05, 4.69) is 15.0 Å². The number of aromatic nitrogens is 4. The number of nitrogens with zero attached hydrogens (tertiary/aromatic N) is 4. The molecule has 0 aliphatic carbocycles. The van der Waals surface area contributed by atoms with Crippen molar-refractivity contribution < 1.29 is 41.9 Å². The number of rotatable bonds is 13. The molecule has 1 fully saturated rings. The maximum absolute atomic E-state index is 13.1. The van der Waals surface area contributed by atoms with Crippen LogP contribution in [0.25, 0.3) is 11.2 Å². The first-order valence-electron chi connectivity index (χ1n) is 11.6. The number of imidazole rings is 1. The first-order valence-corrected chi connectivity index (χ1v) is 13.1. The van der Waals surface area contributed by atoms with Crippen molar-refractivity contribution in [3.05, 3.63) is 6.33 Å². The summed E-state index contributed by atoms with van der Waals surface area (Å²) in [5.41, 5.74) is 6.39. The van der Waals surface area contributed by atoms with Gasteiger partial charge in [0.25, 0.3) is 5.88 Å². The minimum Gasteiger partial charge on any atom is -0.463 e. The number of anilines is 1. The van der Waals surface area contributed by atoms with Gasteiger partial charge >= 0.3 is 19.8 Å². The highest BCUT2D eigenvalue weighted by Crippen LogP contribution is 2.50. The number of hydrogen-bond donors (Lipinski definition) is 1. The summed E-state index contributed by atoms with van der Waals surface area (Å²) in [6.45, 7) is 6.62. The van der Waals surface area contributed by atoms with E-state index in [4.69, 9.17) is 33.5 Å². The lowest BCUT2D eigenvalue weighted by Gasteiger charge is -2.21. The summed E-state index contributed by atoms with van der Waals surface area (Å²) in [4.78, 5) is 35.0. The van der Waals surface area contributed by atoms with E-state index in [1.54, 1.807) is 11.5 Å². The minimum atomic E-state index is -3.92. The average molecular weight is 529 g/mol. The van der Waals surface area contributed by atoms with Crippen molar-refractivity contribution in [2.75, 3.05) is 32.2 Å². The Kier molecular flexibility index (Phi) is 9.74. The van der Waals surface area contributed by atoms with E-state index >= 15 is 0 Å². The first kappa shape index (κ1) is 27.9. The van der Waals surface area contributed by atoms with Crippen LogP contribution in [0.2, 0.25) is 0 Å². The van der Waals surface area contributed by atoms with Gasteiger partial charge in [0.2, 0.25) is 5.95 Å². The average Bonchev–Trinajstić information content (AvgIpc) is 3.46. The second-order valence-electron chi connectivity index (χ2n) is 8.43. The molecule has 2 aromatic rings. The van der Waals surface area contributed by atoms with Crippen LogP contribution in [0.1, 0.15) is 53.2 Å². The highest BCUT2D eigenvalue weighted by Gasteiger charge is 2.33. The van der Waals surface area contributed by atoms with Crippen molar-refractivity contribution in [1.82, 2.24) is 19.5 Å². The van der Waals surface area contributed by atoms with Crippen LogP contribution in [0.3, 0.4) is 0 Å². The zero-order valence-corrected chi connectivity index (χ0v) is 21.6. The molecule has 0 radical (unpaired) electrons. The third-order valence-corrected chi connectivity index (χ3v) is 6.34. The van der Waals surface area contributed by atoms with E-state index in [0.29, 0.717) is 18.5 Å². The molecule has 200 valence electrons. The van der Waals surface area contributed by atoms with Crippen molar-refractivity contribution in [2.24, 2.45) is 5.92 Å². The molecule has 3 atom stereocenters. The second-order valence-corrected chi connectivity index (χ2v) is 10.1. The van der Waals surface area contributed by atoms with E-state index in [9.17, 15) is 14.2 Å².